The van der Waals surface area contributed by atoms with E-state index < -0.39 is 30.3 Å². The van der Waals surface area contributed by atoms with Gasteiger partial charge in [0, 0.05) is 18.5 Å². The SMILES string of the molecule is Cl.OC[C@@H]1[C@H](O)[C@H](O)[C@@H](O)[C@H]1NCc1ccccc1. The maximum atomic E-state index is 9.82. The van der Waals surface area contributed by atoms with E-state index in [4.69, 9.17) is 0 Å². The average Bonchev–Trinajstić information content (AvgIpc) is 2.61. The molecule has 1 aliphatic rings. The Morgan fingerprint density at radius 1 is 0.947 bits per heavy atom. The van der Waals surface area contributed by atoms with Crippen molar-refractivity contribution in [2.24, 2.45) is 5.92 Å². The van der Waals surface area contributed by atoms with Gasteiger partial charge in [-0.3, -0.25) is 0 Å². The van der Waals surface area contributed by atoms with E-state index in [9.17, 15) is 20.4 Å². The minimum absolute atomic E-state index is 0. The molecule has 1 aliphatic carbocycles. The molecule has 1 saturated carbocycles. The second-order valence-corrected chi connectivity index (χ2v) is 4.71. The Hall–Kier alpha value is -0.690. The predicted molar refractivity (Wildman–Crippen MR) is 72.9 cm³/mol. The quantitative estimate of drug-likeness (QED) is 0.504. The van der Waals surface area contributed by atoms with Crippen molar-refractivity contribution in [3.63, 3.8) is 0 Å². The molecule has 2 rings (SSSR count). The van der Waals surface area contributed by atoms with Crippen LogP contribution in [0.15, 0.2) is 30.3 Å². The van der Waals surface area contributed by atoms with Crippen LogP contribution in [0.2, 0.25) is 0 Å². The Labute approximate surface area is 118 Å². The van der Waals surface area contributed by atoms with Crippen molar-refractivity contribution >= 4 is 12.4 Å². The summed E-state index contributed by atoms with van der Waals surface area (Å²) in [6, 6.07) is 9.10. The van der Waals surface area contributed by atoms with Crippen LogP contribution in [-0.2, 0) is 6.54 Å². The van der Waals surface area contributed by atoms with Crippen LogP contribution < -0.4 is 5.32 Å². The summed E-state index contributed by atoms with van der Waals surface area (Å²) in [5.74, 6) is -0.557. The van der Waals surface area contributed by atoms with Gasteiger partial charge in [0.1, 0.15) is 6.10 Å². The summed E-state index contributed by atoms with van der Waals surface area (Å²) in [5, 5.41) is 41.4. The Morgan fingerprint density at radius 3 is 2.16 bits per heavy atom. The lowest BCUT2D eigenvalue weighted by Crippen LogP contribution is -2.43. The fourth-order valence-electron chi connectivity index (χ4n) is 2.46. The zero-order valence-electron chi connectivity index (χ0n) is 10.4. The van der Waals surface area contributed by atoms with Crippen LogP contribution in [0.5, 0.6) is 0 Å². The zero-order chi connectivity index (χ0) is 13.1. The summed E-state index contributed by atoms with van der Waals surface area (Å²) in [6.45, 7) is 0.236. The van der Waals surface area contributed by atoms with Gasteiger partial charge < -0.3 is 25.7 Å². The maximum absolute atomic E-state index is 9.82. The molecule has 1 aromatic carbocycles. The van der Waals surface area contributed by atoms with Crippen molar-refractivity contribution < 1.29 is 20.4 Å². The van der Waals surface area contributed by atoms with Crippen LogP contribution >= 0.6 is 12.4 Å². The summed E-state index contributed by atoms with van der Waals surface area (Å²) in [4.78, 5) is 0. The van der Waals surface area contributed by atoms with Gasteiger partial charge in [0.05, 0.1) is 18.8 Å². The van der Waals surface area contributed by atoms with E-state index >= 15 is 0 Å². The number of aliphatic hydroxyl groups excluding tert-OH is 4. The highest BCUT2D eigenvalue weighted by Gasteiger charge is 2.48. The highest BCUT2D eigenvalue weighted by molar-refractivity contribution is 5.85. The van der Waals surface area contributed by atoms with Crippen molar-refractivity contribution in [3.8, 4) is 0 Å². The van der Waals surface area contributed by atoms with E-state index in [0.717, 1.165) is 5.56 Å². The lowest BCUT2D eigenvalue weighted by atomic mass is 10.0. The lowest BCUT2D eigenvalue weighted by Gasteiger charge is -2.22. The molecule has 0 heterocycles. The summed E-state index contributed by atoms with van der Waals surface area (Å²) in [7, 11) is 0. The number of halogens is 1. The molecule has 0 spiro atoms. The first-order valence-electron chi connectivity index (χ1n) is 6.07. The van der Waals surface area contributed by atoms with Crippen molar-refractivity contribution in [3.05, 3.63) is 35.9 Å². The first kappa shape index (κ1) is 16.4. The molecule has 6 heteroatoms. The molecule has 0 bridgehead atoms. The molecule has 5 nitrogen and oxygen atoms in total. The number of benzene rings is 1. The number of hydrogen-bond acceptors (Lipinski definition) is 5. The number of aliphatic hydroxyl groups is 4. The van der Waals surface area contributed by atoms with Gasteiger partial charge in [0.15, 0.2) is 0 Å². The van der Waals surface area contributed by atoms with Gasteiger partial charge in [0.2, 0.25) is 0 Å². The number of nitrogens with one attached hydrogen (secondary N) is 1. The van der Waals surface area contributed by atoms with Crippen LogP contribution in [0, 0.1) is 5.92 Å². The minimum Gasteiger partial charge on any atom is -0.396 e. The van der Waals surface area contributed by atoms with Crippen molar-refractivity contribution in [2.75, 3.05) is 6.61 Å². The Bertz CT molecular complexity index is 378. The van der Waals surface area contributed by atoms with Gasteiger partial charge in [-0.1, -0.05) is 30.3 Å². The average molecular weight is 290 g/mol. The minimum atomic E-state index is -1.21. The van der Waals surface area contributed by atoms with Gasteiger partial charge in [-0.15, -0.1) is 12.4 Å². The molecule has 0 radical (unpaired) electrons. The predicted octanol–water partition coefficient (Wildman–Crippen LogP) is -0.729. The molecule has 5 N–H and O–H groups in total. The van der Waals surface area contributed by atoms with Crippen LogP contribution in [0.1, 0.15) is 5.56 Å². The molecule has 108 valence electrons. The highest BCUT2D eigenvalue weighted by atomic mass is 35.5. The van der Waals surface area contributed by atoms with E-state index in [-0.39, 0.29) is 19.0 Å². The van der Waals surface area contributed by atoms with Gasteiger partial charge in [-0.05, 0) is 5.56 Å². The van der Waals surface area contributed by atoms with E-state index in [1.54, 1.807) is 0 Å². The summed E-state index contributed by atoms with van der Waals surface area (Å²) in [5.41, 5.74) is 1.04. The second-order valence-electron chi connectivity index (χ2n) is 4.71. The maximum Gasteiger partial charge on any atom is 0.108 e. The molecular weight excluding hydrogens is 270 g/mol. The largest absolute Gasteiger partial charge is 0.396 e. The third-order valence-electron chi connectivity index (χ3n) is 3.56. The second kappa shape index (κ2) is 7.19. The summed E-state index contributed by atoms with van der Waals surface area (Å²) >= 11 is 0. The Morgan fingerprint density at radius 2 is 1.58 bits per heavy atom. The van der Waals surface area contributed by atoms with E-state index in [1.807, 2.05) is 30.3 Å². The normalized spacial score (nSPS) is 34.0. The zero-order valence-corrected chi connectivity index (χ0v) is 11.2. The lowest BCUT2D eigenvalue weighted by molar-refractivity contribution is -0.0312. The topological polar surface area (TPSA) is 93.0 Å². The Kier molecular flexibility index (Phi) is 6.19. The monoisotopic (exact) mass is 289 g/mol. The van der Waals surface area contributed by atoms with Gasteiger partial charge in [-0.2, -0.15) is 0 Å². The Balaban J connectivity index is 0.00000180. The van der Waals surface area contributed by atoms with Gasteiger partial charge in [0.25, 0.3) is 0 Å². The standard InChI is InChI=1S/C13H19NO4.ClH/c15-7-9-10(12(17)13(18)11(9)16)14-6-8-4-2-1-3-5-8;/h1-5,9-18H,6-7H2;1H/t9-,10-,11-,12-,13-;/m0./s1. The van der Waals surface area contributed by atoms with E-state index in [1.165, 1.54) is 0 Å². The fourth-order valence-corrected chi connectivity index (χ4v) is 2.46. The third-order valence-corrected chi connectivity index (χ3v) is 3.56. The van der Waals surface area contributed by atoms with E-state index in [0.29, 0.717) is 6.54 Å². The van der Waals surface area contributed by atoms with Crippen LogP contribution in [0.25, 0.3) is 0 Å². The van der Waals surface area contributed by atoms with E-state index in [2.05, 4.69) is 5.32 Å². The molecular formula is C13H20ClNO4. The van der Waals surface area contributed by atoms with Crippen molar-refractivity contribution in [2.45, 2.75) is 30.9 Å². The summed E-state index contributed by atoms with van der Waals surface area (Å²) in [6.07, 6.45) is -3.38. The molecule has 0 saturated heterocycles. The third kappa shape index (κ3) is 3.45. The van der Waals surface area contributed by atoms with Crippen LogP contribution in [-0.4, -0.2) is 51.4 Å². The molecule has 1 fully saturated rings. The van der Waals surface area contributed by atoms with Crippen LogP contribution in [0.4, 0.5) is 0 Å². The molecule has 0 aromatic heterocycles. The first-order valence-corrected chi connectivity index (χ1v) is 6.07. The molecule has 19 heavy (non-hydrogen) atoms. The van der Waals surface area contributed by atoms with Gasteiger partial charge in [-0.25, -0.2) is 0 Å². The fraction of sp³-hybridized carbons (Fsp3) is 0.538. The van der Waals surface area contributed by atoms with Crippen molar-refractivity contribution in [1.82, 2.24) is 5.32 Å². The van der Waals surface area contributed by atoms with Gasteiger partial charge >= 0.3 is 0 Å². The molecule has 1 aromatic rings. The molecule has 0 unspecified atom stereocenters. The van der Waals surface area contributed by atoms with Crippen LogP contribution in [0.3, 0.4) is 0 Å². The number of rotatable bonds is 4. The molecule has 0 amide bonds. The molecule has 5 atom stereocenters. The molecule has 0 aliphatic heterocycles. The summed E-state index contributed by atoms with van der Waals surface area (Å²) < 4.78 is 0. The number of hydrogen-bond donors (Lipinski definition) is 5. The first-order chi connectivity index (χ1) is 8.65. The highest BCUT2D eigenvalue weighted by Crippen LogP contribution is 2.27. The smallest absolute Gasteiger partial charge is 0.108 e. The van der Waals surface area contributed by atoms with Crippen molar-refractivity contribution in [1.29, 1.82) is 0 Å².